The molecule has 0 radical (unpaired) electrons. The fraction of sp³-hybridized carbons (Fsp3) is 0.100. The Bertz CT molecular complexity index is 1120. The van der Waals surface area contributed by atoms with E-state index in [1.54, 1.807) is 30.3 Å². The number of aromatic carboxylic acids is 1. The Morgan fingerprint density at radius 1 is 1.12 bits per heavy atom. The summed E-state index contributed by atoms with van der Waals surface area (Å²) in [6.45, 7) is -0.0435. The van der Waals surface area contributed by atoms with E-state index in [9.17, 15) is 27.6 Å². The number of halogens is 5. The van der Waals surface area contributed by atoms with Crippen molar-refractivity contribution in [3.63, 3.8) is 0 Å². The van der Waals surface area contributed by atoms with Crippen molar-refractivity contribution in [2.24, 2.45) is 0 Å². The first kappa shape index (κ1) is 23.8. The SMILES string of the molecule is O=C(O)c1ccc(SN(O)N(Cc2ccccc2)c2ncc(C(F)(F)F)cc2Cl)cc1F. The lowest BCUT2D eigenvalue weighted by Crippen LogP contribution is -2.36. The molecule has 0 saturated carbocycles. The molecular weight excluding hydrogens is 474 g/mol. The zero-order valence-corrected chi connectivity index (χ0v) is 17.5. The number of nitrogens with zero attached hydrogens (tertiary/aromatic N) is 3. The lowest BCUT2D eigenvalue weighted by Gasteiger charge is -2.30. The van der Waals surface area contributed by atoms with Crippen LogP contribution in [0.1, 0.15) is 21.5 Å². The van der Waals surface area contributed by atoms with Crippen molar-refractivity contribution in [2.45, 2.75) is 17.6 Å². The first-order valence-corrected chi connectivity index (χ1v) is 9.95. The molecule has 0 bridgehead atoms. The number of hydrogen-bond donors (Lipinski definition) is 2. The van der Waals surface area contributed by atoms with Crippen molar-refractivity contribution in [1.29, 1.82) is 0 Å². The van der Waals surface area contributed by atoms with Gasteiger partial charge in [-0.25, -0.2) is 14.2 Å². The number of pyridine rings is 1. The zero-order valence-electron chi connectivity index (χ0n) is 15.9. The van der Waals surface area contributed by atoms with Gasteiger partial charge in [0.1, 0.15) is 5.82 Å². The fourth-order valence-electron chi connectivity index (χ4n) is 2.62. The molecule has 0 unspecified atom stereocenters. The van der Waals surface area contributed by atoms with E-state index in [4.69, 9.17) is 16.7 Å². The summed E-state index contributed by atoms with van der Waals surface area (Å²) in [7, 11) is 0. The van der Waals surface area contributed by atoms with Crippen LogP contribution in [0.5, 0.6) is 0 Å². The minimum atomic E-state index is -4.66. The standard InChI is InChI=1S/C20H14ClF4N3O3S/c21-16-8-13(20(23,24)25)10-26-18(16)27(11-12-4-2-1-3-5-12)28(31)32-14-6-7-15(19(29)30)17(22)9-14/h1-10,31H,11H2,(H,29,30). The monoisotopic (exact) mass is 487 g/mol. The van der Waals surface area contributed by atoms with Crippen LogP contribution in [-0.4, -0.2) is 25.8 Å². The highest BCUT2D eigenvalue weighted by atomic mass is 35.5. The van der Waals surface area contributed by atoms with E-state index in [1.807, 2.05) is 0 Å². The van der Waals surface area contributed by atoms with Crippen LogP contribution < -0.4 is 5.01 Å². The number of hydrogen-bond acceptors (Lipinski definition) is 6. The van der Waals surface area contributed by atoms with Gasteiger partial charge in [0.15, 0.2) is 5.82 Å². The number of rotatable bonds is 7. The third-order valence-electron chi connectivity index (χ3n) is 4.13. The molecule has 32 heavy (non-hydrogen) atoms. The van der Waals surface area contributed by atoms with Crippen molar-refractivity contribution >= 4 is 35.3 Å². The second kappa shape index (κ2) is 9.74. The average Bonchev–Trinajstić information content (AvgIpc) is 2.72. The van der Waals surface area contributed by atoms with E-state index < -0.39 is 29.1 Å². The number of carboxylic acid groups (broad SMARTS) is 1. The molecular formula is C20H14ClF4N3O3S. The van der Waals surface area contributed by atoms with E-state index in [0.29, 0.717) is 34.4 Å². The molecule has 2 aromatic carbocycles. The second-order valence-corrected chi connectivity index (χ2v) is 7.75. The minimum Gasteiger partial charge on any atom is -0.478 e. The van der Waals surface area contributed by atoms with Gasteiger partial charge in [-0.3, -0.25) is 10.2 Å². The van der Waals surface area contributed by atoms with Gasteiger partial charge in [0.05, 0.1) is 22.7 Å². The number of benzene rings is 2. The van der Waals surface area contributed by atoms with E-state index in [2.05, 4.69) is 4.98 Å². The summed E-state index contributed by atoms with van der Waals surface area (Å²) >= 11 is 6.63. The van der Waals surface area contributed by atoms with Crippen LogP contribution in [0, 0.1) is 5.82 Å². The predicted octanol–water partition coefficient (Wildman–Crippen LogP) is 5.91. The van der Waals surface area contributed by atoms with Crippen molar-refractivity contribution in [3.05, 3.63) is 88.3 Å². The highest BCUT2D eigenvalue weighted by Gasteiger charge is 2.32. The normalized spacial score (nSPS) is 11.6. The summed E-state index contributed by atoms with van der Waals surface area (Å²) in [5, 5.41) is 20.3. The van der Waals surface area contributed by atoms with Crippen molar-refractivity contribution in [2.75, 3.05) is 5.01 Å². The molecule has 0 saturated heterocycles. The molecule has 0 amide bonds. The van der Waals surface area contributed by atoms with Crippen LogP contribution in [0.4, 0.5) is 23.4 Å². The largest absolute Gasteiger partial charge is 0.478 e. The molecule has 0 spiro atoms. The average molecular weight is 488 g/mol. The molecule has 0 aliphatic heterocycles. The minimum absolute atomic E-state index is 0.0435. The summed E-state index contributed by atoms with van der Waals surface area (Å²) in [6.07, 6.45) is -4.07. The second-order valence-electron chi connectivity index (χ2n) is 6.36. The van der Waals surface area contributed by atoms with Crippen LogP contribution in [0.3, 0.4) is 0 Å². The maximum absolute atomic E-state index is 14.0. The lowest BCUT2D eigenvalue weighted by atomic mass is 10.2. The van der Waals surface area contributed by atoms with Gasteiger partial charge in [0.2, 0.25) is 0 Å². The van der Waals surface area contributed by atoms with Gasteiger partial charge in [0.25, 0.3) is 0 Å². The van der Waals surface area contributed by atoms with Crippen LogP contribution >= 0.6 is 23.5 Å². The van der Waals surface area contributed by atoms with Gasteiger partial charge >= 0.3 is 12.1 Å². The fourth-order valence-corrected chi connectivity index (χ4v) is 3.59. The van der Waals surface area contributed by atoms with Gasteiger partial charge in [-0.1, -0.05) is 41.9 Å². The summed E-state index contributed by atoms with van der Waals surface area (Å²) in [4.78, 5) is 14.9. The maximum Gasteiger partial charge on any atom is 0.417 e. The smallest absolute Gasteiger partial charge is 0.417 e. The van der Waals surface area contributed by atoms with Crippen LogP contribution in [-0.2, 0) is 12.7 Å². The predicted molar refractivity (Wildman–Crippen MR) is 110 cm³/mol. The molecule has 1 heterocycles. The highest BCUT2D eigenvalue weighted by Crippen LogP contribution is 2.36. The summed E-state index contributed by atoms with van der Waals surface area (Å²) in [6, 6.07) is 12.5. The van der Waals surface area contributed by atoms with E-state index in [-0.39, 0.29) is 22.3 Å². The Morgan fingerprint density at radius 3 is 2.38 bits per heavy atom. The van der Waals surface area contributed by atoms with Crippen molar-refractivity contribution in [3.8, 4) is 0 Å². The van der Waals surface area contributed by atoms with E-state index >= 15 is 0 Å². The summed E-state index contributed by atoms with van der Waals surface area (Å²) in [5.41, 5.74) is -0.945. The number of aromatic nitrogens is 1. The van der Waals surface area contributed by atoms with Crippen molar-refractivity contribution < 1.29 is 32.7 Å². The first-order chi connectivity index (χ1) is 15.1. The molecule has 1 aromatic heterocycles. The van der Waals surface area contributed by atoms with Crippen LogP contribution in [0.25, 0.3) is 0 Å². The summed E-state index contributed by atoms with van der Waals surface area (Å²) in [5.74, 6) is -2.65. The van der Waals surface area contributed by atoms with Gasteiger partial charge in [-0.2, -0.15) is 13.2 Å². The molecule has 0 aliphatic rings. The number of carbonyl (C=O) groups is 1. The molecule has 3 aromatic rings. The Balaban J connectivity index is 1.94. The maximum atomic E-state index is 14.0. The zero-order chi connectivity index (χ0) is 23.5. The third kappa shape index (κ3) is 5.68. The molecule has 6 nitrogen and oxygen atoms in total. The number of anilines is 1. The molecule has 12 heteroatoms. The van der Waals surface area contributed by atoms with Gasteiger partial charge in [0, 0.05) is 23.0 Å². The molecule has 0 fully saturated rings. The molecule has 3 rings (SSSR count). The molecule has 168 valence electrons. The number of carboxylic acids is 1. The number of alkyl halides is 3. The van der Waals surface area contributed by atoms with Crippen LogP contribution in [0.2, 0.25) is 5.02 Å². The third-order valence-corrected chi connectivity index (χ3v) is 5.24. The number of hydrazine groups is 1. The Kier molecular flexibility index (Phi) is 7.24. The Labute approximate surface area is 188 Å². The molecule has 2 N–H and O–H groups in total. The summed E-state index contributed by atoms with van der Waals surface area (Å²) < 4.78 is 53.4. The Morgan fingerprint density at radius 2 is 1.81 bits per heavy atom. The lowest BCUT2D eigenvalue weighted by molar-refractivity contribution is -0.137. The molecule has 0 aliphatic carbocycles. The highest BCUT2D eigenvalue weighted by molar-refractivity contribution is 7.97. The topological polar surface area (TPSA) is 76.9 Å². The van der Waals surface area contributed by atoms with Crippen LogP contribution in [0.15, 0.2) is 65.7 Å². The van der Waals surface area contributed by atoms with Gasteiger partial charge < -0.3 is 5.11 Å². The van der Waals surface area contributed by atoms with E-state index in [0.717, 1.165) is 17.1 Å². The van der Waals surface area contributed by atoms with E-state index in [1.165, 1.54) is 6.07 Å². The quantitative estimate of drug-likeness (QED) is 0.244. The van der Waals surface area contributed by atoms with Crippen molar-refractivity contribution in [1.82, 2.24) is 9.56 Å². The first-order valence-electron chi connectivity index (χ1n) is 8.80. The van der Waals surface area contributed by atoms with Gasteiger partial charge in [-0.05, 0) is 34.4 Å². The van der Waals surface area contributed by atoms with Gasteiger partial charge in [-0.15, -0.1) is 0 Å². The molecule has 0 atom stereocenters. The Hall–Kier alpha value is -2.86.